The molecule has 0 spiro atoms. The molecule has 4 aliphatic carbocycles. The first-order valence-electron chi connectivity index (χ1n) is 13.3. The van der Waals surface area contributed by atoms with Crippen molar-refractivity contribution in [3.05, 3.63) is 53.6 Å². The number of allylic oxidation sites excluding steroid dienone is 4. The molecule has 0 radical (unpaired) electrons. The van der Waals surface area contributed by atoms with Gasteiger partial charge in [0, 0.05) is 0 Å². The van der Waals surface area contributed by atoms with Crippen molar-refractivity contribution < 1.29 is 13.5 Å². The van der Waals surface area contributed by atoms with E-state index in [4.69, 9.17) is 0 Å². The van der Waals surface area contributed by atoms with Crippen molar-refractivity contribution in [3.8, 4) is 0 Å². The number of aliphatic hydroxyl groups excluding tert-OH is 1. The maximum Gasteiger partial charge on any atom is 0.178 e. The molecule has 0 heterocycles. The Bertz CT molecular complexity index is 1110. The van der Waals surface area contributed by atoms with Gasteiger partial charge in [-0.25, -0.2) is 8.42 Å². The zero-order valence-corrected chi connectivity index (χ0v) is 22.4. The molecule has 2 saturated carbocycles. The lowest BCUT2D eigenvalue weighted by Crippen LogP contribution is -2.54. The van der Waals surface area contributed by atoms with Crippen LogP contribution in [0.5, 0.6) is 0 Å². The van der Waals surface area contributed by atoms with Crippen LogP contribution in [0.3, 0.4) is 0 Å². The molecule has 4 heteroatoms. The van der Waals surface area contributed by atoms with Crippen LogP contribution in [-0.4, -0.2) is 25.4 Å². The first-order chi connectivity index (χ1) is 15.9. The Labute approximate surface area is 206 Å². The topological polar surface area (TPSA) is 54.4 Å². The van der Waals surface area contributed by atoms with Crippen LogP contribution in [0.2, 0.25) is 0 Å². The fourth-order valence-corrected chi connectivity index (χ4v) is 10.5. The van der Waals surface area contributed by atoms with Crippen LogP contribution in [-0.2, 0) is 9.84 Å². The summed E-state index contributed by atoms with van der Waals surface area (Å²) >= 11 is 0. The molecular weight excluding hydrogens is 440 g/mol. The van der Waals surface area contributed by atoms with Crippen molar-refractivity contribution in [2.24, 2.45) is 39.9 Å². The highest BCUT2D eigenvalue weighted by Crippen LogP contribution is 2.66. The largest absolute Gasteiger partial charge is 0.393 e. The van der Waals surface area contributed by atoms with Gasteiger partial charge in [0.05, 0.1) is 16.8 Å². The van der Waals surface area contributed by atoms with E-state index < -0.39 is 9.84 Å². The van der Waals surface area contributed by atoms with Crippen LogP contribution in [0.15, 0.2) is 58.5 Å². The molecule has 7 atom stereocenters. The average molecular weight is 483 g/mol. The van der Waals surface area contributed by atoms with Gasteiger partial charge in [-0.15, -0.1) is 0 Å². The molecule has 0 unspecified atom stereocenters. The highest BCUT2D eigenvalue weighted by Gasteiger charge is 2.58. The number of rotatable bonds is 4. The summed E-state index contributed by atoms with van der Waals surface area (Å²) in [5.74, 6) is 1.71. The second-order valence-corrected chi connectivity index (χ2v) is 14.9. The van der Waals surface area contributed by atoms with Crippen molar-refractivity contribution in [1.82, 2.24) is 0 Å². The van der Waals surface area contributed by atoms with Gasteiger partial charge in [0.2, 0.25) is 0 Å². The third-order valence-corrected chi connectivity index (χ3v) is 12.7. The Morgan fingerprint density at radius 1 is 1.03 bits per heavy atom. The monoisotopic (exact) mass is 482 g/mol. The van der Waals surface area contributed by atoms with Crippen molar-refractivity contribution >= 4 is 9.84 Å². The summed E-state index contributed by atoms with van der Waals surface area (Å²) in [7, 11) is -3.28. The minimum atomic E-state index is -3.28. The molecular formula is C30H42O3S. The Morgan fingerprint density at radius 2 is 1.74 bits per heavy atom. The predicted octanol–water partition coefficient (Wildman–Crippen LogP) is 6.59. The Balaban J connectivity index is 1.45. The third kappa shape index (κ3) is 3.50. The molecule has 1 aromatic rings. The van der Waals surface area contributed by atoms with Crippen molar-refractivity contribution in [3.63, 3.8) is 0 Å². The lowest BCUT2D eigenvalue weighted by atomic mass is 9.46. The summed E-state index contributed by atoms with van der Waals surface area (Å²) < 4.78 is 26.3. The van der Waals surface area contributed by atoms with E-state index >= 15 is 0 Å². The number of hydrogen-bond acceptors (Lipinski definition) is 3. The van der Waals surface area contributed by atoms with Gasteiger partial charge in [0.15, 0.2) is 9.84 Å². The predicted molar refractivity (Wildman–Crippen MR) is 138 cm³/mol. The van der Waals surface area contributed by atoms with Gasteiger partial charge in [0.1, 0.15) is 0 Å². The zero-order chi connectivity index (χ0) is 24.5. The maximum atomic E-state index is 13.1. The van der Waals surface area contributed by atoms with Crippen LogP contribution in [0, 0.1) is 39.9 Å². The van der Waals surface area contributed by atoms with Gasteiger partial charge in [-0.1, -0.05) is 70.5 Å². The van der Waals surface area contributed by atoms with Crippen LogP contribution in [0.1, 0.15) is 73.1 Å². The lowest BCUT2D eigenvalue weighted by molar-refractivity contribution is -0.0975. The first-order valence-corrected chi connectivity index (χ1v) is 14.9. The van der Waals surface area contributed by atoms with Crippen molar-refractivity contribution in [2.45, 2.75) is 84.1 Å². The zero-order valence-electron chi connectivity index (χ0n) is 21.5. The average Bonchev–Trinajstić information content (AvgIpc) is 3.14. The second-order valence-electron chi connectivity index (χ2n) is 12.9. The third-order valence-electron chi connectivity index (χ3n) is 10.8. The Morgan fingerprint density at radius 3 is 2.44 bits per heavy atom. The SMILES string of the molecule is C[C@H](CS(=O)(=O)c1ccccc1)[C@H]1CCC2=C3C=C[C@H]4C(C)(C)[C@@H](O)CC[C@]4(C)[C@H]3CC[C@@]21C. The van der Waals surface area contributed by atoms with Gasteiger partial charge in [-0.2, -0.15) is 0 Å². The van der Waals surface area contributed by atoms with Crippen LogP contribution >= 0.6 is 0 Å². The highest BCUT2D eigenvalue weighted by molar-refractivity contribution is 7.91. The normalized spacial score (nSPS) is 39.8. The molecule has 0 aliphatic heterocycles. The van der Waals surface area contributed by atoms with Crippen molar-refractivity contribution in [1.29, 1.82) is 0 Å². The number of aliphatic hydroxyl groups is 1. The molecule has 2 fully saturated rings. The summed E-state index contributed by atoms with van der Waals surface area (Å²) in [6, 6.07) is 8.95. The molecule has 1 aromatic carbocycles. The molecule has 3 nitrogen and oxygen atoms in total. The van der Waals surface area contributed by atoms with E-state index in [2.05, 4.69) is 46.8 Å². The van der Waals surface area contributed by atoms with E-state index in [1.807, 2.05) is 18.2 Å². The van der Waals surface area contributed by atoms with Gasteiger partial charge in [-0.05, 0) is 96.1 Å². The van der Waals surface area contributed by atoms with E-state index in [0.29, 0.717) is 22.6 Å². The highest BCUT2D eigenvalue weighted by atomic mass is 32.2. The maximum absolute atomic E-state index is 13.1. The summed E-state index contributed by atoms with van der Waals surface area (Å²) in [5.41, 5.74) is 3.35. The van der Waals surface area contributed by atoms with Crippen molar-refractivity contribution in [2.75, 3.05) is 5.75 Å². The minimum absolute atomic E-state index is 0.0920. The quantitative estimate of drug-likeness (QED) is 0.526. The van der Waals surface area contributed by atoms with Gasteiger partial charge < -0.3 is 5.11 Å². The smallest absolute Gasteiger partial charge is 0.178 e. The molecule has 0 aromatic heterocycles. The van der Waals surface area contributed by atoms with Gasteiger partial charge in [-0.3, -0.25) is 0 Å². The molecule has 34 heavy (non-hydrogen) atoms. The van der Waals surface area contributed by atoms with Crippen LogP contribution in [0.4, 0.5) is 0 Å². The molecule has 4 aliphatic rings. The number of sulfone groups is 1. The van der Waals surface area contributed by atoms with Crippen LogP contribution < -0.4 is 0 Å². The van der Waals surface area contributed by atoms with E-state index in [0.717, 1.165) is 32.1 Å². The lowest BCUT2D eigenvalue weighted by Gasteiger charge is -2.59. The Kier molecular flexibility index (Phi) is 5.76. The minimum Gasteiger partial charge on any atom is -0.393 e. The standard InChI is InChI=1S/C30H42O3S/c1-20(19-34(32,33)21-9-7-6-8-10-21)23-12-13-24-22-11-14-26-28(2,3)27(31)16-18-30(26,5)25(22)15-17-29(23,24)4/h6-11,14,20,23,25-27,31H,12-13,15-19H2,1-5H3/t20-,23-,25+,26+,27+,29-,30-/m1/s1. The Hall–Kier alpha value is -1.39. The fourth-order valence-electron chi connectivity index (χ4n) is 8.84. The number of fused-ring (bicyclic) bond motifs is 4. The van der Waals surface area contributed by atoms with Gasteiger partial charge >= 0.3 is 0 Å². The summed E-state index contributed by atoms with van der Waals surface area (Å²) in [4.78, 5) is 0.448. The summed E-state index contributed by atoms with van der Waals surface area (Å²) in [5, 5.41) is 10.8. The van der Waals surface area contributed by atoms with E-state index in [9.17, 15) is 13.5 Å². The molecule has 0 bridgehead atoms. The number of benzene rings is 1. The molecule has 1 N–H and O–H groups in total. The number of hydrogen-bond donors (Lipinski definition) is 1. The molecule has 186 valence electrons. The molecule has 5 rings (SSSR count). The fraction of sp³-hybridized carbons (Fsp3) is 0.667. The second kappa shape index (κ2) is 8.06. The summed E-state index contributed by atoms with van der Waals surface area (Å²) in [6.45, 7) is 11.6. The summed E-state index contributed by atoms with van der Waals surface area (Å²) in [6.07, 6.45) is 11.1. The first kappa shape index (κ1) is 24.3. The molecule has 0 amide bonds. The van der Waals surface area contributed by atoms with E-state index in [-0.39, 0.29) is 34.0 Å². The van der Waals surface area contributed by atoms with E-state index in [1.165, 1.54) is 6.42 Å². The molecule has 0 saturated heterocycles. The van der Waals surface area contributed by atoms with E-state index in [1.54, 1.807) is 23.3 Å². The van der Waals surface area contributed by atoms with Crippen LogP contribution in [0.25, 0.3) is 0 Å². The van der Waals surface area contributed by atoms with Gasteiger partial charge in [0.25, 0.3) is 0 Å².